The Balaban J connectivity index is 1.84. The third-order valence-electron chi connectivity index (χ3n) is 5.08. The van der Waals surface area contributed by atoms with Crippen LogP contribution >= 0.6 is 0 Å². The molecule has 0 spiro atoms. The summed E-state index contributed by atoms with van der Waals surface area (Å²) in [7, 11) is 5.93. The van der Waals surface area contributed by atoms with Gasteiger partial charge in [0.1, 0.15) is 12.4 Å². The van der Waals surface area contributed by atoms with E-state index in [-0.39, 0.29) is 0 Å². The summed E-state index contributed by atoms with van der Waals surface area (Å²) in [4.78, 5) is 9.04. The van der Waals surface area contributed by atoms with Crippen molar-refractivity contribution in [2.75, 3.05) is 47.4 Å². The van der Waals surface area contributed by atoms with E-state index < -0.39 is 0 Å². The fourth-order valence-corrected chi connectivity index (χ4v) is 3.26. The number of guanidine groups is 1. The van der Waals surface area contributed by atoms with Gasteiger partial charge in [-0.15, -0.1) is 0 Å². The largest absolute Gasteiger partial charge is 0.492 e. The minimum atomic E-state index is 0.430. The predicted molar refractivity (Wildman–Crippen MR) is 113 cm³/mol. The number of benzene rings is 1. The molecule has 0 aromatic heterocycles. The van der Waals surface area contributed by atoms with Gasteiger partial charge in [0.15, 0.2) is 5.96 Å². The van der Waals surface area contributed by atoms with Gasteiger partial charge in [-0.2, -0.15) is 0 Å². The van der Waals surface area contributed by atoms with E-state index in [9.17, 15) is 0 Å². The van der Waals surface area contributed by atoms with Gasteiger partial charge in [-0.25, -0.2) is 0 Å². The van der Waals surface area contributed by atoms with Crippen molar-refractivity contribution in [3.63, 3.8) is 0 Å². The summed E-state index contributed by atoms with van der Waals surface area (Å²) in [6.07, 6.45) is 0. The molecule has 0 radical (unpaired) electrons. The first-order chi connectivity index (χ1) is 12.9. The van der Waals surface area contributed by atoms with Crippen LogP contribution in [0.3, 0.4) is 0 Å². The van der Waals surface area contributed by atoms with Crippen molar-refractivity contribution in [1.29, 1.82) is 0 Å². The van der Waals surface area contributed by atoms with E-state index in [4.69, 9.17) is 4.74 Å². The SMILES string of the molecule is CN=C(NCc1cccc(OCCN(C)C)c1)NC1CN(C(C)C)CC1C. The van der Waals surface area contributed by atoms with Gasteiger partial charge in [0.05, 0.1) is 0 Å². The van der Waals surface area contributed by atoms with Gasteiger partial charge in [0, 0.05) is 45.3 Å². The Labute approximate surface area is 165 Å². The molecule has 1 aliphatic heterocycles. The van der Waals surface area contributed by atoms with E-state index >= 15 is 0 Å². The van der Waals surface area contributed by atoms with E-state index in [1.54, 1.807) is 0 Å². The van der Waals surface area contributed by atoms with E-state index in [1.807, 2.05) is 33.3 Å². The molecular weight excluding hydrogens is 338 g/mol. The highest BCUT2D eigenvalue weighted by Gasteiger charge is 2.31. The van der Waals surface area contributed by atoms with Gasteiger partial charge in [-0.05, 0) is 51.6 Å². The Morgan fingerprint density at radius 1 is 1.33 bits per heavy atom. The zero-order valence-electron chi connectivity index (χ0n) is 17.8. The van der Waals surface area contributed by atoms with E-state index in [0.29, 0.717) is 24.6 Å². The van der Waals surface area contributed by atoms with Crippen molar-refractivity contribution < 1.29 is 4.74 Å². The first-order valence-electron chi connectivity index (χ1n) is 9.96. The average Bonchev–Trinajstić information content (AvgIpc) is 2.99. The summed E-state index contributed by atoms with van der Waals surface area (Å²) in [5.41, 5.74) is 1.18. The molecule has 1 aromatic carbocycles. The van der Waals surface area contributed by atoms with Crippen molar-refractivity contribution in [2.24, 2.45) is 10.9 Å². The Kier molecular flexibility index (Phi) is 8.38. The first kappa shape index (κ1) is 21.5. The number of hydrogen-bond donors (Lipinski definition) is 2. The van der Waals surface area contributed by atoms with Crippen LogP contribution in [0.4, 0.5) is 0 Å². The highest BCUT2D eigenvalue weighted by molar-refractivity contribution is 5.80. The zero-order chi connectivity index (χ0) is 19.8. The van der Waals surface area contributed by atoms with Crippen LogP contribution < -0.4 is 15.4 Å². The lowest BCUT2D eigenvalue weighted by molar-refractivity contribution is 0.261. The molecule has 2 unspecified atom stereocenters. The molecule has 152 valence electrons. The Morgan fingerprint density at radius 3 is 2.74 bits per heavy atom. The molecular formula is C21H37N5O. The second kappa shape index (κ2) is 10.5. The summed E-state index contributed by atoms with van der Waals surface area (Å²) in [6, 6.07) is 9.26. The van der Waals surface area contributed by atoms with Gasteiger partial charge in [-0.3, -0.25) is 9.89 Å². The maximum Gasteiger partial charge on any atom is 0.191 e. The van der Waals surface area contributed by atoms with Crippen molar-refractivity contribution in [1.82, 2.24) is 20.4 Å². The summed E-state index contributed by atoms with van der Waals surface area (Å²) in [5, 5.41) is 7.03. The molecule has 1 fully saturated rings. The third-order valence-corrected chi connectivity index (χ3v) is 5.08. The number of likely N-dealkylation sites (N-methyl/N-ethyl adjacent to an activating group) is 1. The molecule has 2 atom stereocenters. The van der Waals surface area contributed by atoms with Gasteiger partial charge >= 0.3 is 0 Å². The summed E-state index contributed by atoms with van der Waals surface area (Å²) >= 11 is 0. The topological polar surface area (TPSA) is 52.1 Å². The zero-order valence-corrected chi connectivity index (χ0v) is 17.8. The molecule has 6 heteroatoms. The molecule has 27 heavy (non-hydrogen) atoms. The molecule has 0 saturated carbocycles. The molecule has 6 nitrogen and oxygen atoms in total. The molecule has 0 amide bonds. The predicted octanol–water partition coefficient (Wildman–Crippen LogP) is 2.02. The molecule has 2 rings (SSSR count). The maximum atomic E-state index is 5.83. The van der Waals surface area contributed by atoms with Crippen LogP contribution in [0.25, 0.3) is 0 Å². The quantitative estimate of drug-likeness (QED) is 0.538. The maximum absolute atomic E-state index is 5.83. The highest BCUT2D eigenvalue weighted by atomic mass is 16.5. The molecule has 1 aromatic rings. The minimum Gasteiger partial charge on any atom is -0.492 e. The van der Waals surface area contributed by atoms with Crippen molar-refractivity contribution >= 4 is 5.96 Å². The minimum absolute atomic E-state index is 0.430. The van der Waals surface area contributed by atoms with Crippen molar-refractivity contribution in [3.8, 4) is 5.75 Å². The number of nitrogens with zero attached hydrogens (tertiary/aromatic N) is 3. The lowest BCUT2D eigenvalue weighted by Crippen LogP contribution is -2.46. The second-order valence-corrected chi connectivity index (χ2v) is 8.00. The van der Waals surface area contributed by atoms with E-state index in [1.165, 1.54) is 5.56 Å². The van der Waals surface area contributed by atoms with Gasteiger partial charge in [-0.1, -0.05) is 19.1 Å². The molecule has 0 aliphatic carbocycles. The van der Waals surface area contributed by atoms with E-state index in [0.717, 1.165) is 37.9 Å². The normalized spacial score (nSPS) is 21.1. The summed E-state index contributed by atoms with van der Waals surface area (Å²) < 4.78 is 5.83. The summed E-state index contributed by atoms with van der Waals surface area (Å²) in [6.45, 7) is 11.4. The van der Waals surface area contributed by atoms with Crippen LogP contribution in [0.15, 0.2) is 29.3 Å². The Hall–Kier alpha value is -1.79. The Morgan fingerprint density at radius 2 is 2.11 bits per heavy atom. The average molecular weight is 376 g/mol. The number of nitrogens with one attached hydrogen (secondary N) is 2. The van der Waals surface area contributed by atoms with Gasteiger partial charge in [0.2, 0.25) is 0 Å². The number of hydrogen-bond acceptors (Lipinski definition) is 4. The number of likely N-dealkylation sites (tertiary alicyclic amines) is 1. The number of rotatable bonds is 8. The monoisotopic (exact) mass is 375 g/mol. The Bertz CT molecular complexity index is 602. The molecule has 0 bridgehead atoms. The number of aliphatic imine (C=N–C) groups is 1. The lowest BCUT2D eigenvalue weighted by Gasteiger charge is -2.22. The van der Waals surface area contributed by atoms with Gasteiger partial charge < -0.3 is 20.3 Å². The van der Waals surface area contributed by atoms with Crippen LogP contribution in [0.1, 0.15) is 26.3 Å². The standard InChI is InChI=1S/C21H37N5O/c1-16(2)26-14-17(3)20(15-26)24-21(22-4)23-13-18-8-7-9-19(12-18)27-11-10-25(5)6/h7-9,12,16-17,20H,10-11,13-15H2,1-6H3,(H2,22,23,24). The van der Waals surface area contributed by atoms with Crippen molar-refractivity contribution in [3.05, 3.63) is 29.8 Å². The van der Waals surface area contributed by atoms with Crippen LogP contribution in [0.2, 0.25) is 0 Å². The second-order valence-electron chi connectivity index (χ2n) is 8.00. The third kappa shape index (κ3) is 7.03. The molecule has 1 saturated heterocycles. The van der Waals surface area contributed by atoms with E-state index in [2.05, 4.69) is 58.3 Å². The van der Waals surface area contributed by atoms with Crippen molar-refractivity contribution in [2.45, 2.75) is 39.4 Å². The van der Waals surface area contributed by atoms with Gasteiger partial charge in [0.25, 0.3) is 0 Å². The fraction of sp³-hybridized carbons (Fsp3) is 0.667. The molecule has 2 N–H and O–H groups in total. The smallest absolute Gasteiger partial charge is 0.191 e. The molecule has 1 heterocycles. The van der Waals surface area contributed by atoms with Crippen LogP contribution in [-0.4, -0.2) is 75.2 Å². The lowest BCUT2D eigenvalue weighted by atomic mass is 10.1. The van der Waals surface area contributed by atoms with Crippen LogP contribution in [-0.2, 0) is 6.54 Å². The highest BCUT2D eigenvalue weighted by Crippen LogP contribution is 2.18. The fourth-order valence-electron chi connectivity index (χ4n) is 3.26. The molecule has 1 aliphatic rings. The summed E-state index contributed by atoms with van der Waals surface area (Å²) in [5.74, 6) is 2.38. The van der Waals surface area contributed by atoms with Crippen LogP contribution in [0, 0.1) is 5.92 Å². The first-order valence-corrected chi connectivity index (χ1v) is 9.96. The van der Waals surface area contributed by atoms with Crippen LogP contribution in [0.5, 0.6) is 5.75 Å². The number of ether oxygens (including phenoxy) is 1.